The summed E-state index contributed by atoms with van der Waals surface area (Å²) in [6, 6.07) is 17.3. The SMILES string of the molecule is C=CC(=O)OCC(O)COCOCC(O)COc1ccc2cc(-c3ccccc3)oc2c1. The second kappa shape index (κ2) is 12.0. The summed E-state index contributed by atoms with van der Waals surface area (Å²) in [5.74, 6) is 0.723. The first kappa shape index (κ1) is 23.5. The van der Waals surface area contributed by atoms with Crippen molar-refractivity contribution < 1.29 is 38.4 Å². The lowest BCUT2D eigenvalue weighted by Gasteiger charge is -2.14. The summed E-state index contributed by atoms with van der Waals surface area (Å²) in [6.07, 6.45) is -0.839. The topological polar surface area (TPSA) is 108 Å². The standard InChI is InChI=1S/C24H26O8/c1-2-24(27)31-15-20(26)13-29-16-28-12-19(25)14-30-21-9-8-18-10-22(32-23(18)11-21)17-6-4-3-5-7-17/h2-11,19-20,25-26H,1,12-16H2. The van der Waals surface area contributed by atoms with Gasteiger partial charge in [0, 0.05) is 23.1 Å². The zero-order chi connectivity index (χ0) is 22.8. The van der Waals surface area contributed by atoms with Crippen LogP contribution in [0.1, 0.15) is 0 Å². The zero-order valence-corrected chi connectivity index (χ0v) is 17.5. The van der Waals surface area contributed by atoms with Gasteiger partial charge in [-0.15, -0.1) is 0 Å². The lowest BCUT2D eigenvalue weighted by atomic mass is 10.1. The molecule has 2 unspecified atom stereocenters. The predicted octanol–water partition coefficient (Wildman–Crippen LogP) is 2.92. The van der Waals surface area contributed by atoms with Gasteiger partial charge in [-0.05, 0) is 18.2 Å². The van der Waals surface area contributed by atoms with Gasteiger partial charge in [-0.1, -0.05) is 36.9 Å². The molecule has 8 heteroatoms. The van der Waals surface area contributed by atoms with Gasteiger partial charge in [0.25, 0.3) is 0 Å². The molecule has 0 radical (unpaired) electrons. The summed E-state index contributed by atoms with van der Waals surface area (Å²) < 4.78 is 26.5. The number of ether oxygens (including phenoxy) is 4. The fourth-order valence-electron chi connectivity index (χ4n) is 2.80. The van der Waals surface area contributed by atoms with Crippen LogP contribution >= 0.6 is 0 Å². The van der Waals surface area contributed by atoms with Gasteiger partial charge in [-0.2, -0.15) is 0 Å². The first-order chi connectivity index (χ1) is 15.5. The van der Waals surface area contributed by atoms with E-state index in [1.807, 2.05) is 48.5 Å². The Hall–Kier alpha value is -3.17. The largest absolute Gasteiger partial charge is 0.491 e. The van der Waals surface area contributed by atoms with Crippen molar-refractivity contribution in [1.82, 2.24) is 0 Å². The highest BCUT2D eigenvalue weighted by Gasteiger charge is 2.10. The maximum atomic E-state index is 10.9. The molecule has 0 bridgehead atoms. The van der Waals surface area contributed by atoms with Crippen molar-refractivity contribution in [1.29, 1.82) is 0 Å². The molecule has 3 aromatic rings. The molecule has 0 fully saturated rings. The number of carbonyl (C=O) groups excluding carboxylic acids is 1. The van der Waals surface area contributed by atoms with E-state index in [0.717, 1.165) is 22.8 Å². The fourth-order valence-corrected chi connectivity index (χ4v) is 2.80. The first-order valence-electron chi connectivity index (χ1n) is 10.1. The van der Waals surface area contributed by atoms with Crippen LogP contribution in [-0.4, -0.2) is 61.6 Å². The summed E-state index contributed by atoms with van der Waals surface area (Å²) in [5, 5.41) is 20.6. The molecular weight excluding hydrogens is 416 g/mol. The lowest BCUT2D eigenvalue weighted by Crippen LogP contribution is -2.26. The van der Waals surface area contributed by atoms with Crippen molar-refractivity contribution in [3.8, 4) is 17.1 Å². The Bertz CT molecular complexity index is 998. The van der Waals surface area contributed by atoms with Crippen LogP contribution in [0.2, 0.25) is 0 Å². The molecule has 1 aromatic heterocycles. The van der Waals surface area contributed by atoms with E-state index in [1.165, 1.54) is 0 Å². The Labute approximate surface area is 185 Å². The quantitative estimate of drug-likeness (QED) is 0.180. The lowest BCUT2D eigenvalue weighted by molar-refractivity contribution is -0.144. The number of hydrogen-bond donors (Lipinski definition) is 2. The first-order valence-corrected chi connectivity index (χ1v) is 10.1. The Balaban J connectivity index is 1.36. The second-order valence-electron chi connectivity index (χ2n) is 6.99. The van der Waals surface area contributed by atoms with E-state index in [4.69, 9.17) is 18.6 Å². The summed E-state index contributed by atoms with van der Waals surface area (Å²) in [4.78, 5) is 10.9. The zero-order valence-electron chi connectivity index (χ0n) is 17.5. The van der Waals surface area contributed by atoms with Gasteiger partial charge >= 0.3 is 5.97 Å². The average molecular weight is 442 g/mol. The number of carbonyl (C=O) groups is 1. The molecule has 32 heavy (non-hydrogen) atoms. The van der Waals surface area contributed by atoms with Crippen LogP contribution in [-0.2, 0) is 19.0 Å². The summed E-state index contributed by atoms with van der Waals surface area (Å²) in [6.45, 7) is 2.86. The number of furan rings is 1. The molecule has 170 valence electrons. The maximum Gasteiger partial charge on any atom is 0.330 e. The molecule has 0 aliphatic carbocycles. The van der Waals surface area contributed by atoms with Crippen molar-refractivity contribution in [2.75, 3.05) is 33.2 Å². The Kier molecular flexibility index (Phi) is 8.82. The van der Waals surface area contributed by atoms with Crippen molar-refractivity contribution in [2.45, 2.75) is 12.2 Å². The van der Waals surface area contributed by atoms with Crippen molar-refractivity contribution in [2.24, 2.45) is 0 Å². The third-order valence-electron chi connectivity index (χ3n) is 4.36. The third kappa shape index (κ3) is 7.21. The van der Waals surface area contributed by atoms with E-state index >= 15 is 0 Å². The van der Waals surface area contributed by atoms with Crippen LogP contribution in [0.3, 0.4) is 0 Å². The van der Waals surface area contributed by atoms with Gasteiger partial charge in [-0.25, -0.2) is 4.79 Å². The normalized spacial score (nSPS) is 12.9. The molecule has 1 heterocycles. The van der Waals surface area contributed by atoms with Crippen LogP contribution < -0.4 is 4.74 Å². The molecule has 8 nitrogen and oxygen atoms in total. The van der Waals surface area contributed by atoms with E-state index < -0.39 is 18.2 Å². The highest BCUT2D eigenvalue weighted by atomic mass is 16.7. The molecule has 3 rings (SSSR count). The highest BCUT2D eigenvalue weighted by Crippen LogP contribution is 2.30. The molecule has 2 aromatic carbocycles. The number of rotatable bonds is 13. The average Bonchev–Trinajstić information content (AvgIpc) is 3.25. The molecule has 0 amide bonds. The smallest absolute Gasteiger partial charge is 0.330 e. The van der Waals surface area contributed by atoms with Crippen molar-refractivity contribution in [3.63, 3.8) is 0 Å². The number of aliphatic hydroxyl groups is 2. The second-order valence-corrected chi connectivity index (χ2v) is 6.99. The van der Waals surface area contributed by atoms with Gasteiger partial charge in [0.05, 0.1) is 13.2 Å². The van der Waals surface area contributed by atoms with E-state index in [1.54, 1.807) is 6.07 Å². The molecule has 2 N–H and O–H groups in total. The molecule has 0 saturated carbocycles. The summed E-state index contributed by atoms with van der Waals surface area (Å²) in [5.41, 5.74) is 1.68. The van der Waals surface area contributed by atoms with E-state index in [-0.39, 0.29) is 33.2 Å². The van der Waals surface area contributed by atoms with E-state index in [9.17, 15) is 15.0 Å². The molecule has 2 atom stereocenters. The van der Waals surface area contributed by atoms with Gasteiger partial charge in [0.2, 0.25) is 0 Å². The van der Waals surface area contributed by atoms with E-state index in [0.29, 0.717) is 11.3 Å². The number of esters is 1. The third-order valence-corrected chi connectivity index (χ3v) is 4.36. The number of aliphatic hydroxyl groups excluding tert-OH is 2. The van der Waals surface area contributed by atoms with E-state index in [2.05, 4.69) is 11.3 Å². The van der Waals surface area contributed by atoms with Gasteiger partial charge in [-0.3, -0.25) is 0 Å². The summed E-state index contributed by atoms with van der Waals surface area (Å²) in [7, 11) is 0. The molecular formula is C24H26O8. The van der Waals surface area contributed by atoms with Gasteiger partial charge in [0.1, 0.15) is 49.3 Å². The molecule has 0 spiro atoms. The number of benzene rings is 2. The Morgan fingerprint density at radius 3 is 2.41 bits per heavy atom. The summed E-state index contributed by atoms with van der Waals surface area (Å²) >= 11 is 0. The maximum absolute atomic E-state index is 10.9. The highest BCUT2D eigenvalue weighted by molar-refractivity contribution is 5.84. The monoisotopic (exact) mass is 442 g/mol. The minimum absolute atomic E-state index is 0.0112. The van der Waals surface area contributed by atoms with Crippen LogP contribution in [0.4, 0.5) is 0 Å². The van der Waals surface area contributed by atoms with Crippen LogP contribution in [0.25, 0.3) is 22.3 Å². The van der Waals surface area contributed by atoms with Crippen LogP contribution in [0, 0.1) is 0 Å². The fraction of sp³-hybridized carbons (Fsp3) is 0.292. The van der Waals surface area contributed by atoms with Gasteiger partial charge < -0.3 is 33.6 Å². The number of hydrogen-bond acceptors (Lipinski definition) is 8. The van der Waals surface area contributed by atoms with Crippen molar-refractivity contribution >= 4 is 16.9 Å². The van der Waals surface area contributed by atoms with Gasteiger partial charge in [0.15, 0.2) is 0 Å². The number of fused-ring (bicyclic) bond motifs is 1. The Morgan fingerprint density at radius 2 is 1.69 bits per heavy atom. The molecule has 0 aliphatic rings. The Morgan fingerprint density at radius 1 is 0.969 bits per heavy atom. The van der Waals surface area contributed by atoms with Crippen LogP contribution in [0.5, 0.6) is 5.75 Å². The van der Waals surface area contributed by atoms with Crippen molar-refractivity contribution in [3.05, 3.63) is 67.3 Å². The minimum atomic E-state index is -0.977. The van der Waals surface area contributed by atoms with Crippen LogP contribution in [0.15, 0.2) is 71.7 Å². The molecule has 0 aliphatic heterocycles. The minimum Gasteiger partial charge on any atom is -0.491 e. The predicted molar refractivity (Wildman–Crippen MR) is 117 cm³/mol. The molecule has 0 saturated heterocycles.